The Labute approximate surface area is 258 Å². The number of hydrogen-bond acceptors (Lipinski definition) is 7. The number of benzene rings is 3. The van der Waals surface area contributed by atoms with Crippen LogP contribution in [0.3, 0.4) is 0 Å². The third kappa shape index (κ3) is 5.05. The summed E-state index contributed by atoms with van der Waals surface area (Å²) >= 11 is 1.29. The van der Waals surface area contributed by atoms with Crippen LogP contribution < -0.4 is 24.4 Å². The average Bonchev–Trinajstić information content (AvgIpc) is 3.56. The molecule has 0 aliphatic carbocycles. The molecule has 0 N–H and O–H groups in total. The second-order valence-corrected chi connectivity index (χ2v) is 11.1. The highest BCUT2D eigenvalue weighted by Crippen LogP contribution is 2.38. The number of ether oxygens (including phenoxy) is 3. The normalized spacial score (nSPS) is 14.7. The number of thiazole rings is 1. The van der Waals surface area contributed by atoms with Crippen LogP contribution in [0.15, 0.2) is 107 Å². The van der Waals surface area contributed by atoms with Gasteiger partial charge in [0.05, 0.1) is 42.7 Å². The van der Waals surface area contributed by atoms with E-state index in [4.69, 9.17) is 19.2 Å². The van der Waals surface area contributed by atoms with Crippen LogP contribution >= 0.6 is 11.3 Å². The lowest BCUT2D eigenvalue weighted by molar-refractivity contribution is -0.138. The van der Waals surface area contributed by atoms with Gasteiger partial charge in [0.25, 0.3) is 5.56 Å². The number of nitrogens with zero attached hydrogens (tertiary/aromatic N) is 3. The van der Waals surface area contributed by atoms with E-state index in [-0.39, 0.29) is 17.7 Å². The lowest BCUT2D eigenvalue weighted by atomic mass is 9.93. The van der Waals surface area contributed by atoms with E-state index in [0.29, 0.717) is 38.6 Å². The van der Waals surface area contributed by atoms with Gasteiger partial charge in [-0.3, -0.25) is 9.36 Å². The number of fused-ring (bicyclic) bond motifs is 2. The number of carbonyl (C=O) groups is 1. The molecule has 6 rings (SSSR count). The van der Waals surface area contributed by atoms with Crippen molar-refractivity contribution in [2.75, 3.05) is 20.8 Å². The Morgan fingerprint density at radius 2 is 1.77 bits per heavy atom. The quantitative estimate of drug-likeness (QED) is 0.173. The van der Waals surface area contributed by atoms with Crippen molar-refractivity contribution in [1.29, 1.82) is 0 Å². The molecule has 1 unspecified atom stereocenters. The average molecular weight is 606 g/mol. The van der Waals surface area contributed by atoms with Crippen LogP contribution in [0, 0.1) is 0 Å². The SMILES string of the molecule is C=CCn1cc(/C=c2/sc3n(c2=O)C(c2ccc(OC)c(OC)c2)C(C(=O)OCC)=C(c2ccccc2)N=3)c2ccccc21. The van der Waals surface area contributed by atoms with Gasteiger partial charge in [-0.25, -0.2) is 9.79 Å². The first-order valence-electron chi connectivity index (χ1n) is 14.2. The van der Waals surface area contributed by atoms with Gasteiger partial charge in [0.1, 0.15) is 0 Å². The second-order valence-electron chi connectivity index (χ2n) is 10.1. The smallest absolute Gasteiger partial charge is 0.338 e. The first-order valence-corrected chi connectivity index (χ1v) is 15.0. The van der Waals surface area contributed by atoms with Gasteiger partial charge in [-0.2, -0.15) is 0 Å². The number of hydrogen-bond donors (Lipinski definition) is 0. The van der Waals surface area contributed by atoms with E-state index in [1.807, 2.05) is 79.0 Å². The van der Waals surface area contributed by atoms with E-state index < -0.39 is 12.0 Å². The van der Waals surface area contributed by atoms with Crippen molar-refractivity contribution in [2.45, 2.75) is 19.5 Å². The number of rotatable bonds is 9. The molecule has 0 spiro atoms. The Kier molecular flexibility index (Phi) is 8.04. The van der Waals surface area contributed by atoms with Crippen LogP contribution in [0.2, 0.25) is 0 Å². The van der Waals surface area contributed by atoms with Gasteiger partial charge in [-0.15, -0.1) is 6.58 Å². The Morgan fingerprint density at radius 1 is 1.02 bits per heavy atom. The fourth-order valence-corrected chi connectivity index (χ4v) is 6.59. The number of para-hydroxylation sites is 1. The minimum absolute atomic E-state index is 0.169. The zero-order chi connectivity index (χ0) is 30.8. The highest BCUT2D eigenvalue weighted by atomic mass is 32.1. The molecule has 3 heterocycles. The predicted molar refractivity (Wildman–Crippen MR) is 173 cm³/mol. The lowest BCUT2D eigenvalue weighted by Gasteiger charge is -2.26. The van der Waals surface area contributed by atoms with Crippen molar-refractivity contribution < 1.29 is 19.0 Å². The fraction of sp³-hybridized carbons (Fsp3) is 0.171. The number of methoxy groups -OCH3 is 2. The molecule has 1 aliphatic heterocycles. The minimum Gasteiger partial charge on any atom is -0.493 e. The van der Waals surface area contributed by atoms with E-state index >= 15 is 0 Å². The molecule has 1 aliphatic rings. The molecule has 1 atom stereocenters. The van der Waals surface area contributed by atoms with Crippen molar-refractivity contribution in [2.24, 2.45) is 4.99 Å². The zero-order valence-corrected chi connectivity index (χ0v) is 25.5. The van der Waals surface area contributed by atoms with Gasteiger partial charge in [-0.05, 0) is 36.8 Å². The van der Waals surface area contributed by atoms with Gasteiger partial charge >= 0.3 is 5.97 Å². The summed E-state index contributed by atoms with van der Waals surface area (Å²) in [5, 5.41) is 1.02. The minimum atomic E-state index is -0.829. The number of esters is 1. The van der Waals surface area contributed by atoms with Crippen molar-refractivity contribution in [3.8, 4) is 11.5 Å². The second kappa shape index (κ2) is 12.2. The molecule has 8 nitrogen and oxygen atoms in total. The van der Waals surface area contributed by atoms with Crippen LogP contribution in [-0.4, -0.2) is 35.9 Å². The van der Waals surface area contributed by atoms with Crippen LogP contribution in [0.25, 0.3) is 22.7 Å². The van der Waals surface area contributed by atoms with Gasteiger partial charge < -0.3 is 18.8 Å². The first-order chi connectivity index (χ1) is 21.5. The molecule has 0 bridgehead atoms. The molecule has 2 aromatic heterocycles. The van der Waals surface area contributed by atoms with Crippen LogP contribution in [0.1, 0.15) is 29.7 Å². The van der Waals surface area contributed by atoms with E-state index in [9.17, 15) is 9.59 Å². The van der Waals surface area contributed by atoms with Gasteiger partial charge in [0, 0.05) is 34.8 Å². The summed E-state index contributed by atoms with van der Waals surface area (Å²) in [6.07, 6.45) is 5.76. The molecule has 5 aromatic rings. The third-order valence-electron chi connectivity index (χ3n) is 7.53. The molecule has 3 aromatic carbocycles. The molecule has 0 radical (unpaired) electrons. The summed E-state index contributed by atoms with van der Waals surface area (Å²) in [6, 6.07) is 22.1. The Bertz CT molecular complexity index is 2100. The summed E-state index contributed by atoms with van der Waals surface area (Å²) in [4.78, 5) is 33.5. The first kappa shape index (κ1) is 28.9. The Hall–Kier alpha value is -5.15. The van der Waals surface area contributed by atoms with E-state index in [2.05, 4.69) is 11.1 Å². The standard InChI is InChI=1S/C35H31N3O5S/c1-5-18-37-21-24(25-14-10-11-15-26(25)37)20-29-33(39)38-32(23-16-17-27(41-3)28(19-23)42-4)30(34(40)43-6-2)31(36-35(38)44-29)22-12-8-7-9-13-22/h5,7-17,19-21,32H,1,6,18H2,2-4H3/b29-20+. The molecular weight excluding hydrogens is 574 g/mol. The number of allylic oxidation sites excluding steroid dienone is 1. The summed E-state index contributed by atoms with van der Waals surface area (Å²) in [5.74, 6) is 0.463. The van der Waals surface area contributed by atoms with Crippen LogP contribution in [0.4, 0.5) is 0 Å². The molecule has 44 heavy (non-hydrogen) atoms. The molecule has 0 fully saturated rings. The summed E-state index contributed by atoms with van der Waals surface area (Å²) in [7, 11) is 3.11. The van der Waals surface area contributed by atoms with Gasteiger partial charge in [0.15, 0.2) is 16.3 Å². The molecular formula is C35H31N3O5S. The highest BCUT2D eigenvalue weighted by molar-refractivity contribution is 7.07. The molecule has 0 saturated heterocycles. The van der Waals surface area contributed by atoms with Crippen molar-refractivity contribution in [3.63, 3.8) is 0 Å². The van der Waals surface area contributed by atoms with E-state index in [1.54, 1.807) is 37.8 Å². The topological polar surface area (TPSA) is 84.0 Å². The third-order valence-corrected chi connectivity index (χ3v) is 8.51. The molecule has 0 amide bonds. The van der Waals surface area contributed by atoms with Crippen LogP contribution in [-0.2, 0) is 16.1 Å². The van der Waals surface area contributed by atoms with Crippen molar-refractivity contribution in [1.82, 2.24) is 9.13 Å². The summed E-state index contributed by atoms with van der Waals surface area (Å²) in [5.41, 5.74) is 3.82. The molecule has 9 heteroatoms. The fourth-order valence-electron chi connectivity index (χ4n) is 5.60. The number of aromatic nitrogens is 2. The summed E-state index contributed by atoms with van der Waals surface area (Å²) < 4.78 is 20.8. The van der Waals surface area contributed by atoms with Crippen molar-refractivity contribution >= 4 is 40.0 Å². The lowest BCUT2D eigenvalue weighted by Crippen LogP contribution is -2.40. The maximum Gasteiger partial charge on any atom is 0.338 e. The monoisotopic (exact) mass is 605 g/mol. The van der Waals surface area contributed by atoms with Gasteiger partial charge in [0.2, 0.25) is 0 Å². The Morgan fingerprint density at radius 3 is 2.50 bits per heavy atom. The zero-order valence-electron chi connectivity index (χ0n) is 24.7. The molecule has 222 valence electrons. The summed E-state index contributed by atoms with van der Waals surface area (Å²) in [6.45, 7) is 6.45. The van der Waals surface area contributed by atoms with Crippen molar-refractivity contribution in [3.05, 3.63) is 134 Å². The Balaban J connectivity index is 1.66. The molecule has 0 saturated carbocycles. The van der Waals surface area contributed by atoms with E-state index in [0.717, 1.165) is 22.0 Å². The maximum atomic E-state index is 14.3. The van der Waals surface area contributed by atoms with Crippen LogP contribution in [0.5, 0.6) is 11.5 Å². The largest absolute Gasteiger partial charge is 0.493 e. The maximum absolute atomic E-state index is 14.3. The predicted octanol–water partition coefficient (Wildman–Crippen LogP) is 5.09. The highest BCUT2D eigenvalue weighted by Gasteiger charge is 2.35. The van der Waals surface area contributed by atoms with Gasteiger partial charge in [-0.1, -0.05) is 72.0 Å². The van der Waals surface area contributed by atoms with E-state index in [1.165, 1.54) is 11.3 Å². The number of carbonyl (C=O) groups excluding carboxylic acids is 1.